The lowest BCUT2D eigenvalue weighted by Crippen LogP contribution is -2.36. The quantitative estimate of drug-likeness (QED) is 0.688. The summed E-state index contributed by atoms with van der Waals surface area (Å²) in [6.45, 7) is 6.61. The molecule has 0 aromatic heterocycles. The summed E-state index contributed by atoms with van der Waals surface area (Å²) >= 11 is 0. The fourth-order valence-corrected chi connectivity index (χ4v) is 2.06. The van der Waals surface area contributed by atoms with Gasteiger partial charge in [0.15, 0.2) is 6.10 Å². The highest BCUT2D eigenvalue weighted by Crippen LogP contribution is 2.14. The van der Waals surface area contributed by atoms with Crippen LogP contribution in [-0.2, 0) is 11.2 Å². The van der Waals surface area contributed by atoms with E-state index in [9.17, 15) is 4.79 Å². The summed E-state index contributed by atoms with van der Waals surface area (Å²) in [6.07, 6.45) is 3.66. The van der Waals surface area contributed by atoms with Gasteiger partial charge in [-0.15, -0.1) is 0 Å². The molecule has 0 aliphatic carbocycles. The monoisotopic (exact) mass is 292 g/mol. The fourth-order valence-electron chi connectivity index (χ4n) is 2.06. The highest BCUT2D eigenvalue weighted by Gasteiger charge is 2.13. The van der Waals surface area contributed by atoms with Gasteiger partial charge in [-0.05, 0) is 44.4 Å². The molecule has 0 saturated heterocycles. The molecule has 1 rings (SSSR count). The molecule has 0 aliphatic heterocycles. The van der Waals surface area contributed by atoms with Crippen LogP contribution in [0.3, 0.4) is 0 Å². The molecule has 0 bridgehead atoms. The molecule has 0 radical (unpaired) electrons. The van der Waals surface area contributed by atoms with Crippen molar-refractivity contribution in [3.63, 3.8) is 0 Å². The van der Waals surface area contributed by atoms with Crippen molar-refractivity contribution in [2.45, 2.75) is 58.6 Å². The minimum Gasteiger partial charge on any atom is -0.481 e. The lowest BCUT2D eigenvalue weighted by molar-refractivity contribution is -0.127. The van der Waals surface area contributed by atoms with Gasteiger partial charge < -0.3 is 15.8 Å². The summed E-state index contributed by atoms with van der Waals surface area (Å²) in [5.41, 5.74) is 6.94. The number of unbranched alkanes of at least 4 members (excludes halogenated alkanes) is 2. The Labute approximate surface area is 128 Å². The molecule has 1 amide bonds. The van der Waals surface area contributed by atoms with Gasteiger partial charge >= 0.3 is 0 Å². The van der Waals surface area contributed by atoms with Gasteiger partial charge in [0.1, 0.15) is 5.75 Å². The van der Waals surface area contributed by atoms with Crippen LogP contribution in [0.4, 0.5) is 0 Å². The van der Waals surface area contributed by atoms with Crippen LogP contribution >= 0.6 is 0 Å². The van der Waals surface area contributed by atoms with Crippen LogP contribution in [0.5, 0.6) is 5.75 Å². The lowest BCUT2D eigenvalue weighted by Gasteiger charge is -2.15. The minimum absolute atomic E-state index is 0.0641. The molecule has 1 aromatic rings. The SMILES string of the molecule is CCCCCNC(=O)C(C)Oc1ccc(CC(C)N)cc1. The number of benzene rings is 1. The Morgan fingerprint density at radius 2 is 1.90 bits per heavy atom. The van der Waals surface area contributed by atoms with E-state index in [1.54, 1.807) is 6.92 Å². The average molecular weight is 292 g/mol. The molecular formula is C17H28N2O2. The number of nitrogens with two attached hydrogens (primary N) is 1. The van der Waals surface area contributed by atoms with E-state index in [4.69, 9.17) is 10.5 Å². The Bertz CT molecular complexity index is 415. The molecule has 0 heterocycles. The number of amides is 1. The summed E-state index contributed by atoms with van der Waals surface area (Å²) < 4.78 is 5.65. The van der Waals surface area contributed by atoms with Gasteiger partial charge in [-0.3, -0.25) is 4.79 Å². The van der Waals surface area contributed by atoms with Crippen molar-refractivity contribution >= 4 is 5.91 Å². The number of carbonyl (C=O) groups excluding carboxylic acids is 1. The Morgan fingerprint density at radius 3 is 2.48 bits per heavy atom. The van der Waals surface area contributed by atoms with Gasteiger partial charge in [-0.2, -0.15) is 0 Å². The maximum atomic E-state index is 11.9. The van der Waals surface area contributed by atoms with Crippen molar-refractivity contribution in [2.75, 3.05) is 6.54 Å². The molecule has 0 spiro atoms. The number of rotatable bonds is 9. The van der Waals surface area contributed by atoms with Gasteiger partial charge in [-0.25, -0.2) is 0 Å². The van der Waals surface area contributed by atoms with Crippen molar-refractivity contribution < 1.29 is 9.53 Å². The van der Waals surface area contributed by atoms with E-state index in [0.717, 1.165) is 25.7 Å². The summed E-state index contributed by atoms with van der Waals surface area (Å²) in [7, 11) is 0. The molecule has 3 N–H and O–H groups in total. The van der Waals surface area contributed by atoms with Crippen LogP contribution in [0.1, 0.15) is 45.6 Å². The largest absolute Gasteiger partial charge is 0.481 e. The number of hydrogen-bond donors (Lipinski definition) is 2. The maximum absolute atomic E-state index is 11.9. The van der Waals surface area contributed by atoms with E-state index in [-0.39, 0.29) is 11.9 Å². The van der Waals surface area contributed by atoms with Crippen molar-refractivity contribution in [3.05, 3.63) is 29.8 Å². The fraction of sp³-hybridized carbons (Fsp3) is 0.588. The van der Waals surface area contributed by atoms with E-state index in [0.29, 0.717) is 12.3 Å². The topological polar surface area (TPSA) is 64.3 Å². The van der Waals surface area contributed by atoms with Crippen molar-refractivity contribution in [1.82, 2.24) is 5.32 Å². The number of hydrogen-bond acceptors (Lipinski definition) is 3. The minimum atomic E-state index is -0.481. The van der Waals surface area contributed by atoms with E-state index in [1.165, 1.54) is 5.56 Å². The Hall–Kier alpha value is -1.55. The number of nitrogens with one attached hydrogen (secondary N) is 1. The zero-order chi connectivity index (χ0) is 15.7. The molecule has 4 nitrogen and oxygen atoms in total. The van der Waals surface area contributed by atoms with Crippen LogP contribution in [-0.4, -0.2) is 24.6 Å². The smallest absolute Gasteiger partial charge is 0.260 e. The molecule has 1 aromatic carbocycles. The first-order chi connectivity index (χ1) is 10.0. The summed E-state index contributed by atoms with van der Waals surface area (Å²) in [5.74, 6) is 0.644. The van der Waals surface area contributed by atoms with Crippen molar-refractivity contribution in [3.8, 4) is 5.75 Å². The van der Waals surface area contributed by atoms with Crippen LogP contribution in [0.15, 0.2) is 24.3 Å². The van der Waals surface area contributed by atoms with E-state index < -0.39 is 6.10 Å². The van der Waals surface area contributed by atoms with E-state index >= 15 is 0 Å². The van der Waals surface area contributed by atoms with Crippen molar-refractivity contribution in [1.29, 1.82) is 0 Å². The Kier molecular flexibility index (Phi) is 7.83. The third-order valence-electron chi connectivity index (χ3n) is 3.24. The molecule has 0 aliphatic rings. The zero-order valence-corrected chi connectivity index (χ0v) is 13.4. The van der Waals surface area contributed by atoms with Crippen LogP contribution in [0, 0.1) is 0 Å². The van der Waals surface area contributed by atoms with E-state index in [1.807, 2.05) is 31.2 Å². The van der Waals surface area contributed by atoms with Gasteiger partial charge in [0.05, 0.1) is 0 Å². The third-order valence-corrected chi connectivity index (χ3v) is 3.24. The first-order valence-electron chi connectivity index (χ1n) is 7.81. The Balaban J connectivity index is 2.39. The van der Waals surface area contributed by atoms with Gasteiger partial charge in [-0.1, -0.05) is 31.9 Å². The normalized spacial score (nSPS) is 13.5. The predicted octanol–water partition coefficient (Wildman–Crippen LogP) is 2.65. The second kappa shape index (κ2) is 9.40. The summed E-state index contributed by atoms with van der Waals surface area (Å²) in [5, 5.41) is 2.89. The highest BCUT2D eigenvalue weighted by atomic mass is 16.5. The second-order valence-corrected chi connectivity index (χ2v) is 5.58. The molecule has 118 valence electrons. The first kappa shape index (κ1) is 17.5. The van der Waals surface area contributed by atoms with Crippen molar-refractivity contribution in [2.24, 2.45) is 5.73 Å². The molecule has 21 heavy (non-hydrogen) atoms. The zero-order valence-electron chi connectivity index (χ0n) is 13.4. The average Bonchev–Trinajstić information content (AvgIpc) is 2.45. The lowest BCUT2D eigenvalue weighted by atomic mass is 10.1. The molecule has 4 heteroatoms. The molecule has 2 unspecified atom stereocenters. The molecule has 2 atom stereocenters. The highest BCUT2D eigenvalue weighted by molar-refractivity contribution is 5.80. The molecule has 0 saturated carbocycles. The van der Waals surface area contributed by atoms with Gasteiger partial charge in [0, 0.05) is 12.6 Å². The third kappa shape index (κ3) is 7.14. The Morgan fingerprint density at radius 1 is 1.24 bits per heavy atom. The summed E-state index contributed by atoms with van der Waals surface area (Å²) in [6, 6.07) is 7.90. The predicted molar refractivity (Wildman–Crippen MR) is 86.4 cm³/mol. The number of ether oxygens (including phenoxy) is 1. The van der Waals surface area contributed by atoms with Crippen LogP contribution in [0.2, 0.25) is 0 Å². The standard InChI is InChI=1S/C17H28N2O2/c1-4-5-6-11-19-17(20)14(3)21-16-9-7-15(8-10-16)12-13(2)18/h7-10,13-14H,4-6,11-12,18H2,1-3H3,(H,19,20). The maximum Gasteiger partial charge on any atom is 0.260 e. The summed E-state index contributed by atoms with van der Waals surface area (Å²) in [4.78, 5) is 11.9. The van der Waals surface area contributed by atoms with Crippen LogP contribution < -0.4 is 15.8 Å². The molecular weight excluding hydrogens is 264 g/mol. The first-order valence-corrected chi connectivity index (χ1v) is 7.81. The van der Waals surface area contributed by atoms with Gasteiger partial charge in [0.2, 0.25) is 0 Å². The number of carbonyl (C=O) groups is 1. The van der Waals surface area contributed by atoms with E-state index in [2.05, 4.69) is 12.2 Å². The second-order valence-electron chi connectivity index (χ2n) is 5.58. The molecule has 0 fully saturated rings. The van der Waals surface area contributed by atoms with Gasteiger partial charge in [0.25, 0.3) is 5.91 Å². The van der Waals surface area contributed by atoms with Crippen LogP contribution in [0.25, 0.3) is 0 Å².